The van der Waals surface area contributed by atoms with Gasteiger partial charge in [0.1, 0.15) is 12.4 Å². The molecule has 2 N–H and O–H groups in total. The fourth-order valence-electron chi connectivity index (χ4n) is 2.95. The number of nitrogens with one attached hydrogen (secondary N) is 1. The monoisotopic (exact) mass is 414 g/mol. The predicted octanol–water partition coefficient (Wildman–Crippen LogP) is 2.70. The van der Waals surface area contributed by atoms with Gasteiger partial charge in [-0.25, -0.2) is 17.9 Å². The van der Waals surface area contributed by atoms with E-state index in [1.807, 2.05) is 30.3 Å². The molecule has 3 rings (SSSR count). The number of benzene rings is 2. The van der Waals surface area contributed by atoms with Crippen LogP contribution < -0.4 is 4.72 Å². The number of hydrogen-bond acceptors (Lipinski definition) is 5. The minimum Gasteiger partial charge on any atom is -0.490 e. The highest BCUT2D eigenvalue weighted by Gasteiger charge is 2.27. The van der Waals surface area contributed by atoms with E-state index >= 15 is 0 Å². The quantitative estimate of drug-likeness (QED) is 0.690. The predicted molar refractivity (Wildman–Crippen MR) is 108 cm³/mol. The first-order valence-corrected chi connectivity index (χ1v) is 10.5. The number of rotatable bonds is 8. The van der Waals surface area contributed by atoms with Crippen LogP contribution in [0.25, 0.3) is 0 Å². The molecule has 0 spiro atoms. The van der Waals surface area contributed by atoms with Crippen LogP contribution in [-0.4, -0.2) is 38.0 Å². The Kier molecular flexibility index (Phi) is 6.36. The number of aliphatic carboxylic acids is 1. The third-order valence-corrected chi connectivity index (χ3v) is 5.93. The summed E-state index contributed by atoms with van der Waals surface area (Å²) in [6.45, 7) is 0.223. The number of ether oxygens (including phenoxy) is 1. The Morgan fingerprint density at radius 3 is 2.34 bits per heavy atom. The van der Waals surface area contributed by atoms with Crippen molar-refractivity contribution < 1.29 is 23.1 Å². The molecular weight excluding hydrogens is 392 g/mol. The maximum atomic E-state index is 12.4. The third-order valence-electron chi connectivity index (χ3n) is 4.51. The standard InChI is InChI=1S/C21H22N2O5S/c1-23-17(14-22-29(26,27)18-10-6-3-7-11-18)12-13-19(20(23)21(24)25)28-15-16-8-4-2-5-9-16/h2-12,22H,13-15H2,1H3,(H,24,25). The summed E-state index contributed by atoms with van der Waals surface area (Å²) in [5.74, 6) is -0.800. The van der Waals surface area contributed by atoms with Crippen molar-refractivity contribution in [2.75, 3.05) is 13.6 Å². The summed E-state index contributed by atoms with van der Waals surface area (Å²) in [5, 5.41) is 9.65. The van der Waals surface area contributed by atoms with Crippen molar-refractivity contribution in [1.82, 2.24) is 9.62 Å². The largest absolute Gasteiger partial charge is 0.490 e. The van der Waals surface area contributed by atoms with E-state index in [0.29, 0.717) is 11.5 Å². The van der Waals surface area contributed by atoms with E-state index in [0.717, 1.165) is 5.56 Å². The van der Waals surface area contributed by atoms with Gasteiger partial charge in [0.25, 0.3) is 0 Å². The van der Waals surface area contributed by atoms with Gasteiger partial charge in [-0.2, -0.15) is 0 Å². The van der Waals surface area contributed by atoms with Crippen molar-refractivity contribution in [3.8, 4) is 0 Å². The molecule has 152 valence electrons. The van der Waals surface area contributed by atoms with Gasteiger partial charge in [0.2, 0.25) is 10.0 Å². The number of nitrogens with zero attached hydrogens (tertiary/aromatic N) is 1. The van der Waals surface area contributed by atoms with Gasteiger partial charge >= 0.3 is 5.97 Å². The average molecular weight is 414 g/mol. The van der Waals surface area contributed by atoms with E-state index in [-0.39, 0.29) is 30.2 Å². The van der Waals surface area contributed by atoms with E-state index in [1.165, 1.54) is 17.0 Å². The highest BCUT2D eigenvalue weighted by atomic mass is 32.2. The van der Waals surface area contributed by atoms with Crippen LogP contribution in [0.3, 0.4) is 0 Å². The summed E-state index contributed by atoms with van der Waals surface area (Å²) >= 11 is 0. The zero-order chi connectivity index (χ0) is 20.9. The van der Waals surface area contributed by atoms with E-state index in [2.05, 4.69) is 4.72 Å². The van der Waals surface area contributed by atoms with Crippen LogP contribution in [0.5, 0.6) is 0 Å². The zero-order valence-corrected chi connectivity index (χ0v) is 16.7. The molecule has 8 heteroatoms. The summed E-state index contributed by atoms with van der Waals surface area (Å²) < 4.78 is 33.1. The van der Waals surface area contributed by atoms with Crippen molar-refractivity contribution in [3.05, 3.63) is 89.5 Å². The summed E-state index contributed by atoms with van der Waals surface area (Å²) in [6, 6.07) is 17.5. The fourth-order valence-corrected chi connectivity index (χ4v) is 3.97. The number of likely N-dealkylation sites (N-methyl/N-ethyl adjacent to an activating group) is 1. The Balaban J connectivity index is 1.70. The van der Waals surface area contributed by atoms with Crippen molar-refractivity contribution >= 4 is 16.0 Å². The second kappa shape index (κ2) is 8.93. The first-order valence-electron chi connectivity index (χ1n) is 8.99. The lowest BCUT2D eigenvalue weighted by Gasteiger charge is -2.29. The molecule has 0 unspecified atom stereocenters. The third kappa shape index (κ3) is 5.04. The van der Waals surface area contributed by atoms with Crippen molar-refractivity contribution in [2.24, 2.45) is 0 Å². The molecule has 0 saturated heterocycles. The number of carboxylic acids is 1. The minimum absolute atomic E-state index is 0.00246. The normalized spacial score (nSPS) is 14.5. The van der Waals surface area contributed by atoms with Crippen LogP contribution in [0, 0.1) is 0 Å². The smallest absolute Gasteiger partial charge is 0.356 e. The maximum Gasteiger partial charge on any atom is 0.356 e. The number of carbonyl (C=O) groups is 1. The molecule has 0 fully saturated rings. The van der Waals surface area contributed by atoms with Gasteiger partial charge in [-0.15, -0.1) is 0 Å². The summed E-state index contributed by atoms with van der Waals surface area (Å²) in [5.41, 5.74) is 1.46. The number of sulfonamides is 1. The van der Waals surface area contributed by atoms with Crippen LogP contribution in [0.15, 0.2) is 88.8 Å². The van der Waals surface area contributed by atoms with Gasteiger partial charge in [0.05, 0.1) is 11.4 Å². The number of allylic oxidation sites excluding steroid dienone is 1. The Morgan fingerprint density at radius 1 is 1.10 bits per heavy atom. The number of hydrogen-bond donors (Lipinski definition) is 2. The molecule has 1 aliphatic rings. The van der Waals surface area contributed by atoms with E-state index < -0.39 is 16.0 Å². The molecule has 2 aromatic carbocycles. The Hall–Kier alpha value is -3.10. The van der Waals surface area contributed by atoms with E-state index in [1.54, 1.807) is 31.3 Å². The molecular formula is C21H22N2O5S. The number of carboxylic acid groups (broad SMARTS) is 1. The summed E-state index contributed by atoms with van der Waals surface area (Å²) in [7, 11) is -2.11. The molecule has 0 atom stereocenters. The van der Waals surface area contributed by atoms with Crippen molar-refractivity contribution in [1.29, 1.82) is 0 Å². The molecule has 2 aromatic rings. The minimum atomic E-state index is -3.69. The summed E-state index contributed by atoms with van der Waals surface area (Å²) in [6.07, 6.45) is 2.03. The lowest BCUT2D eigenvalue weighted by molar-refractivity contribution is -0.134. The van der Waals surface area contributed by atoms with Crippen molar-refractivity contribution in [3.63, 3.8) is 0 Å². The molecule has 0 saturated carbocycles. The molecule has 7 nitrogen and oxygen atoms in total. The molecule has 0 radical (unpaired) electrons. The topological polar surface area (TPSA) is 95.9 Å². The molecule has 1 aliphatic heterocycles. The maximum absolute atomic E-state index is 12.4. The summed E-state index contributed by atoms with van der Waals surface area (Å²) in [4.78, 5) is 13.4. The van der Waals surface area contributed by atoms with Gasteiger partial charge in [-0.05, 0) is 17.7 Å². The van der Waals surface area contributed by atoms with Crippen molar-refractivity contribution in [2.45, 2.75) is 17.9 Å². The molecule has 0 aromatic heterocycles. The van der Waals surface area contributed by atoms with Crippen LogP contribution in [-0.2, 0) is 26.2 Å². The molecule has 1 heterocycles. The van der Waals surface area contributed by atoms with Gasteiger partial charge < -0.3 is 14.7 Å². The lowest BCUT2D eigenvalue weighted by Crippen LogP contribution is -2.35. The van der Waals surface area contributed by atoms with Gasteiger partial charge in [-0.3, -0.25) is 0 Å². The molecule has 0 amide bonds. The Labute approximate surface area is 170 Å². The van der Waals surface area contributed by atoms with Crippen LogP contribution >= 0.6 is 0 Å². The van der Waals surface area contributed by atoms with E-state index in [9.17, 15) is 18.3 Å². The first kappa shape index (κ1) is 20.6. The second-order valence-corrected chi connectivity index (χ2v) is 8.21. The Bertz CT molecular complexity index is 1030. The van der Waals surface area contributed by atoms with Gasteiger partial charge in [-0.1, -0.05) is 54.6 Å². The van der Waals surface area contributed by atoms with Gasteiger partial charge in [0, 0.05) is 19.2 Å². The van der Waals surface area contributed by atoms with E-state index in [4.69, 9.17) is 4.74 Å². The van der Waals surface area contributed by atoms with Crippen LogP contribution in [0.2, 0.25) is 0 Å². The zero-order valence-electron chi connectivity index (χ0n) is 15.9. The second-order valence-electron chi connectivity index (χ2n) is 6.45. The SMILES string of the molecule is CN1C(CNS(=O)(=O)c2ccccc2)=CCC(OCc2ccccc2)=C1C(=O)O. The molecule has 29 heavy (non-hydrogen) atoms. The molecule has 0 aliphatic carbocycles. The Morgan fingerprint density at radius 2 is 1.72 bits per heavy atom. The molecule has 0 bridgehead atoms. The lowest BCUT2D eigenvalue weighted by atomic mass is 10.1. The van der Waals surface area contributed by atoms with Crippen LogP contribution in [0.1, 0.15) is 12.0 Å². The van der Waals surface area contributed by atoms with Crippen LogP contribution in [0.4, 0.5) is 0 Å². The average Bonchev–Trinajstić information content (AvgIpc) is 2.72. The van der Waals surface area contributed by atoms with Gasteiger partial charge in [0.15, 0.2) is 5.70 Å². The first-order chi connectivity index (χ1) is 13.9. The highest BCUT2D eigenvalue weighted by molar-refractivity contribution is 7.89. The highest BCUT2D eigenvalue weighted by Crippen LogP contribution is 2.26. The fraction of sp³-hybridized carbons (Fsp3) is 0.190.